The third-order valence-corrected chi connectivity index (χ3v) is 8.03. The van der Waals surface area contributed by atoms with E-state index in [-0.39, 0.29) is 5.91 Å². The van der Waals surface area contributed by atoms with E-state index in [1.807, 2.05) is 29.2 Å². The maximum absolute atomic E-state index is 12.8. The van der Waals surface area contributed by atoms with E-state index < -0.39 is 0 Å². The average molecular weight is 426 g/mol. The molecule has 1 aromatic carbocycles. The summed E-state index contributed by atoms with van der Waals surface area (Å²) in [6.45, 7) is 4.93. The first kappa shape index (κ1) is 20.8. The molecule has 0 radical (unpaired) electrons. The first-order valence-electron chi connectivity index (χ1n) is 12.0. The van der Waals surface area contributed by atoms with Crippen LogP contribution in [0.3, 0.4) is 0 Å². The molecule has 6 heteroatoms. The van der Waals surface area contributed by atoms with E-state index in [0.717, 1.165) is 69.7 Å². The van der Waals surface area contributed by atoms with Crippen molar-refractivity contribution >= 4 is 11.8 Å². The number of fused-ring (bicyclic) bond motifs is 4. The third-order valence-electron chi connectivity index (χ3n) is 8.03. The molecule has 0 aromatic heterocycles. The molecule has 0 N–H and O–H groups in total. The highest BCUT2D eigenvalue weighted by Crippen LogP contribution is 2.39. The number of amides is 2. The van der Waals surface area contributed by atoms with Gasteiger partial charge in [0.1, 0.15) is 5.75 Å². The van der Waals surface area contributed by atoms with Crippen molar-refractivity contribution in [3.05, 3.63) is 29.8 Å². The number of likely N-dealkylation sites (tertiary alicyclic amines) is 2. The summed E-state index contributed by atoms with van der Waals surface area (Å²) in [4.78, 5) is 32.2. The monoisotopic (exact) mass is 425 g/mol. The Hall–Kier alpha value is -2.08. The minimum absolute atomic E-state index is 0.221. The quantitative estimate of drug-likeness (QED) is 0.744. The van der Waals surface area contributed by atoms with Gasteiger partial charge < -0.3 is 14.5 Å². The van der Waals surface area contributed by atoms with Gasteiger partial charge in [0, 0.05) is 51.2 Å². The highest BCUT2D eigenvalue weighted by atomic mass is 16.5. The number of rotatable bonds is 4. The molecule has 4 aliphatic rings. The van der Waals surface area contributed by atoms with Gasteiger partial charge in [-0.1, -0.05) is 12.1 Å². The number of carbonyl (C=O) groups excluding carboxylic acids is 2. The molecule has 0 saturated carbocycles. The Kier molecular flexibility index (Phi) is 5.91. The van der Waals surface area contributed by atoms with Crippen molar-refractivity contribution in [2.45, 2.75) is 57.0 Å². The lowest BCUT2D eigenvalue weighted by atomic mass is 9.75. The van der Waals surface area contributed by atoms with Gasteiger partial charge >= 0.3 is 0 Å². The fraction of sp³-hybridized carbons (Fsp3) is 0.680. The van der Waals surface area contributed by atoms with Crippen LogP contribution in [0.1, 0.15) is 44.1 Å². The van der Waals surface area contributed by atoms with Crippen LogP contribution in [0.15, 0.2) is 24.3 Å². The van der Waals surface area contributed by atoms with E-state index >= 15 is 0 Å². The van der Waals surface area contributed by atoms with Crippen LogP contribution in [0, 0.1) is 11.8 Å². The number of piperidine rings is 4. The van der Waals surface area contributed by atoms with Crippen molar-refractivity contribution < 1.29 is 14.3 Å². The van der Waals surface area contributed by atoms with Gasteiger partial charge in [0.25, 0.3) is 0 Å². The van der Waals surface area contributed by atoms with E-state index in [1.165, 1.54) is 12.8 Å². The van der Waals surface area contributed by atoms with Gasteiger partial charge in [-0.15, -0.1) is 0 Å². The molecule has 4 heterocycles. The van der Waals surface area contributed by atoms with Crippen LogP contribution >= 0.6 is 0 Å². The van der Waals surface area contributed by atoms with Gasteiger partial charge in [0.2, 0.25) is 11.8 Å². The first-order chi connectivity index (χ1) is 15.1. The fourth-order valence-electron chi connectivity index (χ4n) is 6.50. The van der Waals surface area contributed by atoms with Crippen LogP contribution in [0.2, 0.25) is 0 Å². The summed E-state index contributed by atoms with van der Waals surface area (Å²) in [5, 5.41) is 0. The third kappa shape index (κ3) is 4.32. The maximum Gasteiger partial charge on any atom is 0.226 e. The number of nitrogens with zero attached hydrogens (tertiary/aromatic N) is 3. The summed E-state index contributed by atoms with van der Waals surface area (Å²) >= 11 is 0. The van der Waals surface area contributed by atoms with E-state index in [9.17, 15) is 9.59 Å². The van der Waals surface area contributed by atoms with Crippen molar-refractivity contribution in [2.75, 3.05) is 39.8 Å². The molecule has 4 fully saturated rings. The van der Waals surface area contributed by atoms with Gasteiger partial charge in [-0.25, -0.2) is 0 Å². The number of carbonyl (C=O) groups is 2. The van der Waals surface area contributed by atoms with Crippen LogP contribution in [0.25, 0.3) is 0 Å². The van der Waals surface area contributed by atoms with Gasteiger partial charge in [-0.05, 0) is 61.6 Å². The lowest BCUT2D eigenvalue weighted by Gasteiger charge is -2.54. The predicted octanol–water partition coefficient (Wildman–Crippen LogP) is 2.56. The zero-order valence-electron chi connectivity index (χ0n) is 18.7. The highest BCUT2D eigenvalue weighted by Gasteiger charge is 2.45. The summed E-state index contributed by atoms with van der Waals surface area (Å²) in [6, 6.07) is 8.87. The molecular weight excluding hydrogens is 390 g/mol. The summed E-state index contributed by atoms with van der Waals surface area (Å²) in [5.41, 5.74) is 1.02. The van der Waals surface area contributed by atoms with Crippen LogP contribution in [-0.2, 0) is 16.0 Å². The molecule has 2 unspecified atom stereocenters. The number of methoxy groups -OCH3 is 1. The van der Waals surface area contributed by atoms with Gasteiger partial charge in [0.05, 0.1) is 13.5 Å². The van der Waals surface area contributed by atoms with E-state index in [0.29, 0.717) is 36.2 Å². The Labute approximate surface area is 185 Å². The highest BCUT2D eigenvalue weighted by molar-refractivity contribution is 5.79. The Morgan fingerprint density at radius 3 is 2.77 bits per heavy atom. The molecule has 0 spiro atoms. The second-order valence-corrected chi connectivity index (χ2v) is 9.96. The van der Waals surface area contributed by atoms with Crippen molar-refractivity contribution in [2.24, 2.45) is 11.8 Å². The second-order valence-electron chi connectivity index (χ2n) is 9.96. The molecule has 168 valence electrons. The lowest BCUT2D eigenvalue weighted by Crippen LogP contribution is -2.62. The molecular formula is C25H35N3O3. The molecule has 3 atom stereocenters. The Morgan fingerprint density at radius 2 is 1.97 bits per heavy atom. The molecule has 5 rings (SSSR count). The zero-order chi connectivity index (χ0) is 21.4. The Morgan fingerprint density at radius 1 is 1.13 bits per heavy atom. The van der Waals surface area contributed by atoms with Gasteiger partial charge in [0.15, 0.2) is 0 Å². The van der Waals surface area contributed by atoms with Crippen molar-refractivity contribution in [1.29, 1.82) is 0 Å². The Balaban J connectivity index is 1.15. The topological polar surface area (TPSA) is 53.1 Å². The molecule has 0 aliphatic carbocycles. The zero-order valence-corrected chi connectivity index (χ0v) is 18.7. The molecule has 2 amide bonds. The number of hydrogen-bond acceptors (Lipinski definition) is 4. The molecule has 4 saturated heterocycles. The molecule has 2 bridgehead atoms. The number of ether oxygens (including phenoxy) is 1. The normalized spacial score (nSPS) is 29.6. The van der Waals surface area contributed by atoms with Gasteiger partial charge in [-0.3, -0.25) is 14.5 Å². The summed E-state index contributed by atoms with van der Waals surface area (Å²) in [5.74, 6) is 2.69. The largest absolute Gasteiger partial charge is 0.497 e. The predicted molar refractivity (Wildman–Crippen MR) is 119 cm³/mol. The summed E-state index contributed by atoms with van der Waals surface area (Å²) in [7, 11) is 1.66. The van der Waals surface area contributed by atoms with Crippen molar-refractivity contribution in [1.82, 2.24) is 14.7 Å². The second kappa shape index (κ2) is 8.81. The SMILES string of the molecule is COc1cccc(CC(=O)N2CCC(N3CC4CC(C3)[C@H]3CCCC(=O)N3C4)CC2)c1. The minimum atomic E-state index is 0.221. The molecule has 31 heavy (non-hydrogen) atoms. The fourth-order valence-corrected chi connectivity index (χ4v) is 6.50. The number of benzene rings is 1. The van der Waals surface area contributed by atoms with Crippen LogP contribution in [0.5, 0.6) is 5.75 Å². The number of hydrogen-bond donors (Lipinski definition) is 0. The van der Waals surface area contributed by atoms with E-state index in [4.69, 9.17) is 4.74 Å². The van der Waals surface area contributed by atoms with E-state index in [1.54, 1.807) is 7.11 Å². The molecule has 4 aliphatic heterocycles. The van der Waals surface area contributed by atoms with Crippen LogP contribution in [-0.4, -0.2) is 78.4 Å². The van der Waals surface area contributed by atoms with Crippen molar-refractivity contribution in [3.63, 3.8) is 0 Å². The summed E-state index contributed by atoms with van der Waals surface area (Å²) < 4.78 is 5.28. The Bertz CT molecular complexity index is 820. The van der Waals surface area contributed by atoms with Gasteiger partial charge in [-0.2, -0.15) is 0 Å². The van der Waals surface area contributed by atoms with Crippen LogP contribution in [0.4, 0.5) is 0 Å². The standard InChI is InChI=1S/C25H35N3O3/c1-31-22-5-2-4-18(13-22)14-25(30)26-10-8-21(9-11-26)27-15-19-12-20(17-27)23-6-3-7-24(29)28(23)16-19/h2,4-5,13,19-21,23H,3,6-12,14-17H2,1H3/t19?,20?,23-/m1/s1. The smallest absolute Gasteiger partial charge is 0.226 e. The molecule has 6 nitrogen and oxygen atoms in total. The molecule has 1 aromatic rings. The van der Waals surface area contributed by atoms with E-state index in [2.05, 4.69) is 9.80 Å². The summed E-state index contributed by atoms with van der Waals surface area (Å²) in [6.07, 6.45) is 6.88. The first-order valence-corrected chi connectivity index (χ1v) is 12.0. The van der Waals surface area contributed by atoms with Crippen molar-refractivity contribution in [3.8, 4) is 5.75 Å². The maximum atomic E-state index is 12.8. The average Bonchev–Trinajstić information content (AvgIpc) is 2.80. The minimum Gasteiger partial charge on any atom is -0.497 e. The van der Waals surface area contributed by atoms with Crippen LogP contribution < -0.4 is 4.74 Å². The lowest BCUT2D eigenvalue weighted by molar-refractivity contribution is -0.146.